The number of rotatable bonds is 4. The van der Waals surface area contributed by atoms with Gasteiger partial charge < -0.3 is 9.73 Å². The monoisotopic (exact) mass is 334 g/mol. The Hall–Kier alpha value is -3.23. The Bertz CT molecular complexity index is 884. The highest BCUT2D eigenvalue weighted by Crippen LogP contribution is 2.17. The molecule has 0 spiro atoms. The third kappa shape index (κ3) is 3.09. The Morgan fingerprint density at radius 1 is 1.04 bits per heavy atom. The van der Waals surface area contributed by atoms with Crippen molar-refractivity contribution >= 4 is 5.91 Å². The summed E-state index contributed by atoms with van der Waals surface area (Å²) in [5.41, 5.74) is 0.0181. The van der Waals surface area contributed by atoms with Gasteiger partial charge in [0.25, 0.3) is 5.91 Å². The molecule has 2 heterocycles. The largest absolute Gasteiger partial charge is 0.419 e. The number of hydrogen-bond acceptors (Lipinski definition) is 5. The molecule has 0 atom stereocenters. The average Bonchev–Trinajstić information content (AvgIpc) is 3.07. The number of nitrogens with zero attached hydrogens (tertiary/aromatic N) is 3. The summed E-state index contributed by atoms with van der Waals surface area (Å²) in [6.07, 6.45) is 3.10. The molecule has 0 aliphatic carbocycles. The molecule has 0 bridgehead atoms. The SMILES string of the molecule is O=C(NCc1nnc(-c2ccncc2)o1)c1ccc(F)c(F)c1F. The standard InChI is InChI=1S/C15H9F3N4O2/c16-10-2-1-9(12(17)13(10)18)14(23)20-7-11-21-22-15(24-11)8-3-5-19-6-4-8/h1-6H,7H2,(H,20,23). The quantitative estimate of drug-likeness (QED) is 0.742. The Labute approximate surface area is 133 Å². The van der Waals surface area contributed by atoms with Gasteiger partial charge in [0.1, 0.15) is 0 Å². The number of aromatic nitrogens is 3. The van der Waals surface area contributed by atoms with Crippen molar-refractivity contribution in [3.8, 4) is 11.5 Å². The second-order valence-corrected chi connectivity index (χ2v) is 4.64. The van der Waals surface area contributed by atoms with Crippen LogP contribution in [-0.2, 0) is 6.54 Å². The number of halogens is 3. The fourth-order valence-corrected chi connectivity index (χ4v) is 1.89. The number of hydrogen-bond donors (Lipinski definition) is 1. The minimum absolute atomic E-state index is 0.0677. The van der Waals surface area contributed by atoms with Gasteiger partial charge in [-0.2, -0.15) is 0 Å². The summed E-state index contributed by atoms with van der Waals surface area (Å²) in [6.45, 7) is -0.199. The lowest BCUT2D eigenvalue weighted by Gasteiger charge is -2.04. The Balaban J connectivity index is 1.69. The van der Waals surface area contributed by atoms with Crippen LogP contribution in [0.25, 0.3) is 11.5 Å². The van der Waals surface area contributed by atoms with E-state index in [0.29, 0.717) is 11.6 Å². The zero-order valence-electron chi connectivity index (χ0n) is 12.0. The number of amides is 1. The van der Waals surface area contributed by atoms with Crippen LogP contribution in [0.1, 0.15) is 16.2 Å². The molecule has 6 nitrogen and oxygen atoms in total. The lowest BCUT2D eigenvalue weighted by atomic mass is 10.2. The maximum Gasteiger partial charge on any atom is 0.254 e. The van der Waals surface area contributed by atoms with Crippen molar-refractivity contribution in [1.29, 1.82) is 0 Å². The van der Waals surface area contributed by atoms with E-state index in [1.807, 2.05) is 0 Å². The summed E-state index contributed by atoms with van der Waals surface area (Å²) in [7, 11) is 0. The van der Waals surface area contributed by atoms with Crippen LogP contribution in [0, 0.1) is 17.5 Å². The van der Waals surface area contributed by atoms with Gasteiger partial charge in [-0.1, -0.05) is 0 Å². The molecule has 2 aromatic heterocycles. The van der Waals surface area contributed by atoms with Crippen molar-refractivity contribution < 1.29 is 22.4 Å². The second-order valence-electron chi connectivity index (χ2n) is 4.64. The molecule has 3 rings (SSSR count). The van der Waals surface area contributed by atoms with E-state index in [-0.39, 0.29) is 18.3 Å². The molecule has 0 unspecified atom stereocenters. The van der Waals surface area contributed by atoms with E-state index in [0.717, 1.165) is 6.07 Å². The minimum atomic E-state index is -1.71. The highest BCUT2D eigenvalue weighted by atomic mass is 19.2. The van der Waals surface area contributed by atoms with Gasteiger partial charge in [0.15, 0.2) is 17.5 Å². The number of carbonyl (C=O) groups excluding carboxylic acids is 1. The highest BCUT2D eigenvalue weighted by molar-refractivity contribution is 5.94. The number of pyridine rings is 1. The third-order valence-corrected chi connectivity index (χ3v) is 3.07. The Morgan fingerprint density at radius 2 is 1.79 bits per heavy atom. The molecule has 122 valence electrons. The zero-order valence-corrected chi connectivity index (χ0v) is 12.0. The zero-order chi connectivity index (χ0) is 17.1. The maximum absolute atomic E-state index is 13.5. The molecule has 0 saturated heterocycles. The fraction of sp³-hybridized carbons (Fsp3) is 0.0667. The molecule has 24 heavy (non-hydrogen) atoms. The molecule has 0 fully saturated rings. The predicted octanol–water partition coefficient (Wildman–Crippen LogP) is 2.48. The molecule has 9 heteroatoms. The van der Waals surface area contributed by atoms with Gasteiger partial charge in [-0.3, -0.25) is 9.78 Å². The summed E-state index contributed by atoms with van der Waals surface area (Å²) < 4.78 is 44.9. The summed E-state index contributed by atoms with van der Waals surface area (Å²) in [6, 6.07) is 4.83. The van der Waals surface area contributed by atoms with E-state index in [1.54, 1.807) is 24.5 Å². The molecule has 0 aliphatic rings. The Morgan fingerprint density at radius 3 is 2.54 bits per heavy atom. The van der Waals surface area contributed by atoms with Crippen molar-refractivity contribution in [1.82, 2.24) is 20.5 Å². The van der Waals surface area contributed by atoms with Crippen molar-refractivity contribution in [3.63, 3.8) is 0 Å². The van der Waals surface area contributed by atoms with Gasteiger partial charge >= 0.3 is 0 Å². The van der Waals surface area contributed by atoms with Crippen molar-refractivity contribution in [3.05, 3.63) is 65.6 Å². The second kappa shape index (κ2) is 6.49. The molecular weight excluding hydrogens is 325 g/mol. The van der Waals surface area contributed by atoms with Gasteiger partial charge in [0.2, 0.25) is 11.8 Å². The molecule has 3 aromatic rings. The van der Waals surface area contributed by atoms with Crippen LogP contribution >= 0.6 is 0 Å². The highest BCUT2D eigenvalue weighted by Gasteiger charge is 2.19. The number of nitrogens with one attached hydrogen (secondary N) is 1. The number of benzene rings is 1. The number of carbonyl (C=O) groups is 1. The van der Waals surface area contributed by atoms with Crippen LogP contribution in [0.2, 0.25) is 0 Å². The lowest BCUT2D eigenvalue weighted by Crippen LogP contribution is -2.24. The van der Waals surface area contributed by atoms with E-state index in [9.17, 15) is 18.0 Å². The lowest BCUT2D eigenvalue weighted by molar-refractivity contribution is 0.0942. The fourth-order valence-electron chi connectivity index (χ4n) is 1.89. The summed E-state index contributed by atoms with van der Waals surface area (Å²) in [4.78, 5) is 15.7. The van der Waals surface area contributed by atoms with Crippen LogP contribution in [0.4, 0.5) is 13.2 Å². The van der Waals surface area contributed by atoms with Gasteiger partial charge in [-0.05, 0) is 24.3 Å². The van der Waals surface area contributed by atoms with E-state index in [4.69, 9.17) is 4.42 Å². The van der Waals surface area contributed by atoms with Crippen LogP contribution in [0.15, 0.2) is 41.1 Å². The molecule has 0 aliphatic heterocycles. The van der Waals surface area contributed by atoms with Crippen LogP contribution in [0.3, 0.4) is 0 Å². The molecule has 0 radical (unpaired) electrons. The first-order chi connectivity index (χ1) is 11.6. The first-order valence-electron chi connectivity index (χ1n) is 6.70. The average molecular weight is 334 g/mol. The first-order valence-corrected chi connectivity index (χ1v) is 6.70. The van der Waals surface area contributed by atoms with Gasteiger partial charge in [-0.15, -0.1) is 10.2 Å². The summed E-state index contributed by atoms with van der Waals surface area (Å²) in [5, 5.41) is 9.82. The minimum Gasteiger partial charge on any atom is -0.419 e. The van der Waals surface area contributed by atoms with E-state index in [2.05, 4.69) is 20.5 Å². The van der Waals surface area contributed by atoms with Crippen LogP contribution in [-0.4, -0.2) is 21.1 Å². The molecular formula is C15H9F3N4O2. The van der Waals surface area contributed by atoms with Gasteiger partial charge in [-0.25, -0.2) is 13.2 Å². The summed E-state index contributed by atoms with van der Waals surface area (Å²) in [5.74, 6) is -5.28. The predicted molar refractivity (Wildman–Crippen MR) is 75.0 cm³/mol. The topological polar surface area (TPSA) is 80.9 Å². The van der Waals surface area contributed by atoms with Crippen molar-refractivity contribution in [2.24, 2.45) is 0 Å². The first kappa shape index (κ1) is 15.7. The van der Waals surface area contributed by atoms with Crippen molar-refractivity contribution in [2.75, 3.05) is 0 Å². The van der Waals surface area contributed by atoms with E-state index < -0.39 is 28.9 Å². The third-order valence-electron chi connectivity index (χ3n) is 3.07. The van der Waals surface area contributed by atoms with Crippen molar-refractivity contribution in [2.45, 2.75) is 6.54 Å². The molecule has 1 aromatic carbocycles. The normalized spacial score (nSPS) is 10.6. The maximum atomic E-state index is 13.5. The molecule has 0 saturated carbocycles. The molecule has 1 amide bonds. The van der Waals surface area contributed by atoms with Crippen LogP contribution < -0.4 is 5.32 Å². The van der Waals surface area contributed by atoms with Gasteiger partial charge in [0.05, 0.1) is 12.1 Å². The van der Waals surface area contributed by atoms with E-state index in [1.165, 1.54) is 0 Å². The van der Waals surface area contributed by atoms with E-state index >= 15 is 0 Å². The van der Waals surface area contributed by atoms with Gasteiger partial charge in [0, 0.05) is 18.0 Å². The Kier molecular flexibility index (Phi) is 4.23. The summed E-state index contributed by atoms with van der Waals surface area (Å²) >= 11 is 0. The smallest absolute Gasteiger partial charge is 0.254 e. The van der Waals surface area contributed by atoms with Crippen LogP contribution in [0.5, 0.6) is 0 Å². The molecule has 1 N–H and O–H groups in total.